The highest BCUT2D eigenvalue weighted by molar-refractivity contribution is 5.93. The Bertz CT molecular complexity index is 503. The molecule has 4 nitrogen and oxygen atoms in total. The number of rotatable bonds is 10. The van der Waals surface area contributed by atoms with Gasteiger partial charge in [0.1, 0.15) is 6.61 Å². The van der Waals surface area contributed by atoms with Crippen molar-refractivity contribution in [1.82, 2.24) is 0 Å². The van der Waals surface area contributed by atoms with Crippen molar-refractivity contribution in [3.63, 3.8) is 0 Å². The Kier molecular flexibility index (Phi) is 9.45. The van der Waals surface area contributed by atoms with Gasteiger partial charge in [-0.2, -0.15) is 0 Å². The summed E-state index contributed by atoms with van der Waals surface area (Å²) in [5, 5.41) is 0. The third-order valence-electron chi connectivity index (χ3n) is 3.38. The number of allylic oxidation sites excluding steroid dienone is 1. The highest BCUT2D eigenvalue weighted by Crippen LogP contribution is 2.09. The van der Waals surface area contributed by atoms with Gasteiger partial charge in [-0.15, -0.1) is 0 Å². The first-order chi connectivity index (χ1) is 11.2. The monoisotopic (exact) mass is 318 g/mol. The van der Waals surface area contributed by atoms with E-state index in [1.54, 1.807) is 30.3 Å². The van der Waals surface area contributed by atoms with E-state index in [0.29, 0.717) is 17.7 Å². The molecule has 0 heterocycles. The first-order valence-electron chi connectivity index (χ1n) is 8.24. The third kappa shape index (κ3) is 7.63. The van der Waals surface area contributed by atoms with Crippen molar-refractivity contribution in [2.45, 2.75) is 46.0 Å². The van der Waals surface area contributed by atoms with Gasteiger partial charge in [-0.1, -0.05) is 44.8 Å². The number of carbonyl (C=O) groups excluding carboxylic acids is 2. The van der Waals surface area contributed by atoms with Crippen molar-refractivity contribution in [2.24, 2.45) is 0 Å². The van der Waals surface area contributed by atoms with Crippen LogP contribution in [0.25, 0.3) is 0 Å². The fraction of sp³-hybridized carbons (Fsp3) is 0.474. The molecule has 0 saturated heterocycles. The van der Waals surface area contributed by atoms with Crippen LogP contribution < -0.4 is 0 Å². The van der Waals surface area contributed by atoms with Crippen LogP contribution in [-0.2, 0) is 9.47 Å². The first kappa shape index (κ1) is 18.9. The Morgan fingerprint density at radius 3 is 2.04 bits per heavy atom. The fourth-order valence-corrected chi connectivity index (χ4v) is 2.00. The van der Waals surface area contributed by atoms with E-state index in [0.717, 1.165) is 12.8 Å². The Hall–Kier alpha value is -2.10. The van der Waals surface area contributed by atoms with E-state index in [2.05, 4.69) is 6.92 Å². The second kappa shape index (κ2) is 11.5. The molecule has 0 aliphatic carbocycles. The lowest BCUT2D eigenvalue weighted by Crippen LogP contribution is -2.08. The maximum atomic E-state index is 11.9. The minimum absolute atomic E-state index is 0.247. The molecule has 0 amide bonds. The van der Waals surface area contributed by atoms with E-state index in [1.165, 1.54) is 19.3 Å². The minimum atomic E-state index is -0.404. The molecule has 0 fully saturated rings. The lowest BCUT2D eigenvalue weighted by Gasteiger charge is -2.06. The zero-order chi connectivity index (χ0) is 16.9. The number of hydrogen-bond acceptors (Lipinski definition) is 4. The van der Waals surface area contributed by atoms with E-state index in [9.17, 15) is 9.59 Å². The number of unbranched alkanes of at least 4 members (excludes halogenated alkanes) is 4. The lowest BCUT2D eigenvalue weighted by molar-refractivity contribution is 0.0494. The molecule has 0 saturated carbocycles. The zero-order valence-electron chi connectivity index (χ0n) is 14.0. The quantitative estimate of drug-likeness (QED) is 0.361. The normalized spacial score (nSPS) is 10.7. The standard InChI is InChI=1S/C19H26O4/c1-3-5-7-8-9-15-23-19(21)17-12-10-16(11-13-17)18(20)22-14-6-4-2/h4,6,10-13H,3,5,7-9,14-15H2,1-2H3/b6-4+. The van der Waals surface area contributed by atoms with E-state index in [4.69, 9.17) is 9.47 Å². The van der Waals surface area contributed by atoms with Crippen LogP contribution in [0, 0.1) is 0 Å². The SMILES string of the molecule is C/C=C/COC(=O)c1ccc(C(=O)OCCCCCCC)cc1. The van der Waals surface area contributed by atoms with E-state index >= 15 is 0 Å². The van der Waals surface area contributed by atoms with Crippen molar-refractivity contribution in [3.8, 4) is 0 Å². The molecule has 0 bridgehead atoms. The molecular weight excluding hydrogens is 292 g/mol. The van der Waals surface area contributed by atoms with Crippen LogP contribution in [-0.4, -0.2) is 25.2 Å². The molecule has 23 heavy (non-hydrogen) atoms. The third-order valence-corrected chi connectivity index (χ3v) is 3.38. The van der Waals surface area contributed by atoms with E-state index < -0.39 is 5.97 Å². The van der Waals surface area contributed by atoms with Crippen molar-refractivity contribution >= 4 is 11.9 Å². The summed E-state index contributed by atoms with van der Waals surface area (Å²) in [6.07, 6.45) is 9.14. The molecule has 0 spiro atoms. The maximum Gasteiger partial charge on any atom is 0.338 e. The highest BCUT2D eigenvalue weighted by Gasteiger charge is 2.10. The van der Waals surface area contributed by atoms with Gasteiger partial charge >= 0.3 is 11.9 Å². The summed E-state index contributed by atoms with van der Waals surface area (Å²) in [5.41, 5.74) is 0.870. The summed E-state index contributed by atoms with van der Waals surface area (Å²) in [6.45, 7) is 4.71. The Morgan fingerprint density at radius 1 is 0.913 bits per heavy atom. The van der Waals surface area contributed by atoms with E-state index in [-0.39, 0.29) is 12.6 Å². The number of ether oxygens (including phenoxy) is 2. The van der Waals surface area contributed by atoms with Crippen LogP contribution >= 0.6 is 0 Å². The van der Waals surface area contributed by atoms with Gasteiger partial charge in [0.25, 0.3) is 0 Å². The summed E-state index contributed by atoms with van der Waals surface area (Å²) in [4.78, 5) is 23.6. The second-order valence-corrected chi connectivity index (χ2v) is 5.29. The van der Waals surface area contributed by atoms with Crippen LogP contribution in [0.5, 0.6) is 0 Å². The molecule has 4 heteroatoms. The van der Waals surface area contributed by atoms with Gasteiger partial charge < -0.3 is 9.47 Å². The van der Waals surface area contributed by atoms with Crippen molar-refractivity contribution < 1.29 is 19.1 Å². The lowest BCUT2D eigenvalue weighted by atomic mass is 10.1. The van der Waals surface area contributed by atoms with Crippen molar-refractivity contribution in [1.29, 1.82) is 0 Å². The summed E-state index contributed by atoms with van der Waals surface area (Å²) in [5.74, 6) is -0.756. The molecule has 126 valence electrons. The van der Waals surface area contributed by atoms with Gasteiger partial charge in [-0.3, -0.25) is 0 Å². The topological polar surface area (TPSA) is 52.6 Å². The molecule has 0 N–H and O–H groups in total. The molecule has 0 atom stereocenters. The molecule has 0 aliphatic heterocycles. The fourth-order valence-electron chi connectivity index (χ4n) is 2.00. The summed E-state index contributed by atoms with van der Waals surface area (Å²) >= 11 is 0. The Morgan fingerprint density at radius 2 is 1.48 bits per heavy atom. The molecule has 0 aliphatic rings. The molecule has 1 aromatic rings. The van der Waals surface area contributed by atoms with Crippen LogP contribution in [0.1, 0.15) is 66.7 Å². The minimum Gasteiger partial charge on any atom is -0.462 e. The molecular formula is C19H26O4. The van der Waals surface area contributed by atoms with Crippen LogP contribution in [0.2, 0.25) is 0 Å². The van der Waals surface area contributed by atoms with Crippen LogP contribution in [0.4, 0.5) is 0 Å². The van der Waals surface area contributed by atoms with Gasteiger partial charge in [-0.05, 0) is 37.6 Å². The first-order valence-corrected chi connectivity index (χ1v) is 8.24. The predicted octanol–water partition coefficient (Wildman–Crippen LogP) is 4.55. The van der Waals surface area contributed by atoms with Crippen LogP contribution in [0.15, 0.2) is 36.4 Å². The van der Waals surface area contributed by atoms with Gasteiger partial charge in [-0.25, -0.2) is 9.59 Å². The van der Waals surface area contributed by atoms with Crippen molar-refractivity contribution in [2.75, 3.05) is 13.2 Å². The molecule has 1 aromatic carbocycles. The van der Waals surface area contributed by atoms with Gasteiger partial charge in [0.05, 0.1) is 17.7 Å². The van der Waals surface area contributed by atoms with Crippen molar-refractivity contribution in [3.05, 3.63) is 47.5 Å². The average Bonchev–Trinajstić information content (AvgIpc) is 2.58. The number of hydrogen-bond donors (Lipinski definition) is 0. The van der Waals surface area contributed by atoms with E-state index in [1.807, 2.05) is 13.0 Å². The van der Waals surface area contributed by atoms with Crippen LogP contribution in [0.3, 0.4) is 0 Å². The second-order valence-electron chi connectivity index (χ2n) is 5.29. The highest BCUT2D eigenvalue weighted by atomic mass is 16.5. The summed E-state index contributed by atoms with van der Waals surface area (Å²) in [7, 11) is 0. The number of benzene rings is 1. The van der Waals surface area contributed by atoms with Gasteiger partial charge in [0.15, 0.2) is 0 Å². The zero-order valence-corrected chi connectivity index (χ0v) is 14.0. The average molecular weight is 318 g/mol. The van der Waals surface area contributed by atoms with Gasteiger partial charge in [0.2, 0.25) is 0 Å². The molecule has 1 rings (SSSR count). The Balaban J connectivity index is 2.37. The largest absolute Gasteiger partial charge is 0.462 e. The molecule has 0 radical (unpaired) electrons. The number of esters is 2. The smallest absolute Gasteiger partial charge is 0.338 e. The summed E-state index contributed by atoms with van der Waals surface area (Å²) in [6, 6.07) is 6.34. The Labute approximate surface area is 138 Å². The van der Waals surface area contributed by atoms with Gasteiger partial charge in [0, 0.05) is 0 Å². The maximum absolute atomic E-state index is 11.9. The summed E-state index contributed by atoms with van der Waals surface area (Å²) < 4.78 is 10.3. The predicted molar refractivity (Wildman–Crippen MR) is 90.6 cm³/mol. The molecule has 0 aromatic heterocycles. The number of carbonyl (C=O) groups is 2. The molecule has 0 unspecified atom stereocenters.